The number of hydrogen-bond acceptors (Lipinski definition) is 5. The smallest absolute Gasteiger partial charge is 0.150 e. The molecule has 1 aromatic rings. The standard InChI is InChI=1S/C25H43NO4S/c1-4-29-19-17-26(18-20-30-5-2)25-15-13-23(14-16-25)8-7-22-9-11-24(12-10-22)21-31(27,28)6-3/h13-16,22,24H,4-12,17-21H2,1-3H3. The highest BCUT2D eigenvalue weighted by Crippen LogP contribution is 2.32. The van der Waals surface area contributed by atoms with Gasteiger partial charge in [0.05, 0.1) is 19.0 Å². The second kappa shape index (κ2) is 14.1. The molecule has 0 bridgehead atoms. The Morgan fingerprint density at radius 1 is 0.871 bits per heavy atom. The Kier molecular flexibility index (Phi) is 11.9. The molecule has 0 spiro atoms. The number of sulfone groups is 1. The van der Waals surface area contributed by atoms with Crippen molar-refractivity contribution in [2.45, 2.75) is 59.3 Å². The zero-order valence-electron chi connectivity index (χ0n) is 19.9. The average molecular weight is 454 g/mol. The molecule has 178 valence electrons. The number of ether oxygens (including phenoxy) is 2. The van der Waals surface area contributed by atoms with Crippen LogP contribution in [0.15, 0.2) is 24.3 Å². The zero-order chi connectivity index (χ0) is 22.5. The van der Waals surface area contributed by atoms with Crippen molar-refractivity contribution in [3.05, 3.63) is 29.8 Å². The molecule has 0 heterocycles. The van der Waals surface area contributed by atoms with Gasteiger partial charge in [-0.25, -0.2) is 8.42 Å². The van der Waals surface area contributed by atoms with E-state index in [1.54, 1.807) is 6.92 Å². The van der Waals surface area contributed by atoms with Crippen LogP contribution in [0.25, 0.3) is 0 Å². The maximum atomic E-state index is 11.9. The first-order chi connectivity index (χ1) is 15.0. The van der Waals surface area contributed by atoms with Crippen LogP contribution in [-0.2, 0) is 25.7 Å². The summed E-state index contributed by atoms with van der Waals surface area (Å²) in [6, 6.07) is 8.95. The third-order valence-corrected chi connectivity index (χ3v) is 8.32. The number of aryl methyl sites for hydroxylation is 1. The average Bonchev–Trinajstić information content (AvgIpc) is 2.78. The van der Waals surface area contributed by atoms with Crippen molar-refractivity contribution in [2.75, 3.05) is 55.9 Å². The van der Waals surface area contributed by atoms with E-state index in [4.69, 9.17) is 9.47 Å². The molecule has 31 heavy (non-hydrogen) atoms. The first kappa shape index (κ1) is 26.1. The SMILES string of the molecule is CCOCCN(CCOCC)c1ccc(CCC2CCC(CS(=O)(=O)CC)CC2)cc1. The van der Waals surface area contributed by atoms with Gasteiger partial charge in [0.25, 0.3) is 0 Å². The predicted molar refractivity (Wildman–Crippen MR) is 130 cm³/mol. The number of anilines is 1. The highest BCUT2D eigenvalue weighted by molar-refractivity contribution is 7.91. The largest absolute Gasteiger partial charge is 0.380 e. The van der Waals surface area contributed by atoms with E-state index in [1.165, 1.54) is 30.5 Å². The van der Waals surface area contributed by atoms with Gasteiger partial charge in [0.15, 0.2) is 0 Å². The molecule has 1 aliphatic carbocycles. The maximum absolute atomic E-state index is 11.9. The third kappa shape index (κ3) is 9.92. The van der Waals surface area contributed by atoms with Crippen LogP contribution < -0.4 is 4.90 Å². The Balaban J connectivity index is 1.79. The van der Waals surface area contributed by atoms with Crippen LogP contribution in [0.2, 0.25) is 0 Å². The molecule has 0 atom stereocenters. The van der Waals surface area contributed by atoms with Crippen LogP contribution in [0, 0.1) is 11.8 Å². The molecule has 0 aliphatic heterocycles. The Morgan fingerprint density at radius 3 is 1.94 bits per heavy atom. The number of benzene rings is 1. The summed E-state index contributed by atoms with van der Waals surface area (Å²) in [5.74, 6) is 1.77. The van der Waals surface area contributed by atoms with E-state index in [0.717, 1.165) is 64.7 Å². The molecule has 1 saturated carbocycles. The summed E-state index contributed by atoms with van der Waals surface area (Å²) >= 11 is 0. The van der Waals surface area contributed by atoms with Crippen molar-refractivity contribution < 1.29 is 17.9 Å². The van der Waals surface area contributed by atoms with Gasteiger partial charge in [-0.3, -0.25) is 0 Å². The molecule has 2 rings (SSSR count). The lowest BCUT2D eigenvalue weighted by molar-refractivity contribution is 0.141. The quantitative estimate of drug-likeness (QED) is 0.359. The summed E-state index contributed by atoms with van der Waals surface area (Å²) in [6.45, 7) is 10.5. The number of hydrogen-bond donors (Lipinski definition) is 0. The van der Waals surface area contributed by atoms with Crippen molar-refractivity contribution in [1.82, 2.24) is 0 Å². The zero-order valence-corrected chi connectivity index (χ0v) is 20.7. The van der Waals surface area contributed by atoms with Crippen LogP contribution in [0.4, 0.5) is 5.69 Å². The highest BCUT2D eigenvalue weighted by atomic mass is 32.2. The fraction of sp³-hybridized carbons (Fsp3) is 0.760. The Bertz CT molecular complexity index is 687. The molecule has 0 saturated heterocycles. The van der Waals surface area contributed by atoms with Gasteiger partial charge >= 0.3 is 0 Å². The van der Waals surface area contributed by atoms with Gasteiger partial charge in [-0.1, -0.05) is 31.9 Å². The summed E-state index contributed by atoms with van der Waals surface area (Å²) in [6.07, 6.45) is 6.77. The normalized spacial score (nSPS) is 19.5. The van der Waals surface area contributed by atoms with Gasteiger partial charge in [0, 0.05) is 37.7 Å². The van der Waals surface area contributed by atoms with Crippen LogP contribution >= 0.6 is 0 Å². The monoisotopic (exact) mass is 453 g/mol. The van der Waals surface area contributed by atoms with E-state index in [9.17, 15) is 8.42 Å². The fourth-order valence-electron chi connectivity index (χ4n) is 4.42. The van der Waals surface area contributed by atoms with Crippen molar-refractivity contribution in [3.63, 3.8) is 0 Å². The Labute approximate surface area is 190 Å². The number of rotatable bonds is 15. The molecular weight excluding hydrogens is 410 g/mol. The lowest BCUT2D eigenvalue weighted by Crippen LogP contribution is -2.31. The van der Waals surface area contributed by atoms with E-state index in [0.29, 0.717) is 11.7 Å². The fourth-order valence-corrected chi connectivity index (χ4v) is 5.70. The second-order valence-corrected chi connectivity index (χ2v) is 11.1. The summed E-state index contributed by atoms with van der Waals surface area (Å²) in [7, 11) is -2.84. The van der Waals surface area contributed by atoms with Gasteiger partial charge in [-0.2, -0.15) is 0 Å². The molecule has 5 nitrogen and oxygen atoms in total. The molecule has 1 aliphatic rings. The van der Waals surface area contributed by atoms with E-state index in [-0.39, 0.29) is 5.75 Å². The van der Waals surface area contributed by atoms with E-state index in [2.05, 4.69) is 29.2 Å². The maximum Gasteiger partial charge on any atom is 0.150 e. The van der Waals surface area contributed by atoms with Crippen LogP contribution in [0.1, 0.15) is 58.4 Å². The van der Waals surface area contributed by atoms with E-state index in [1.807, 2.05) is 13.8 Å². The molecule has 0 radical (unpaired) electrons. The minimum Gasteiger partial charge on any atom is -0.380 e. The summed E-state index contributed by atoms with van der Waals surface area (Å²) in [4.78, 5) is 2.33. The van der Waals surface area contributed by atoms with Gasteiger partial charge in [0.2, 0.25) is 0 Å². The summed E-state index contributed by atoms with van der Waals surface area (Å²) in [5, 5.41) is 0. The van der Waals surface area contributed by atoms with Crippen LogP contribution in [0.3, 0.4) is 0 Å². The lowest BCUT2D eigenvalue weighted by atomic mass is 9.80. The highest BCUT2D eigenvalue weighted by Gasteiger charge is 2.24. The van der Waals surface area contributed by atoms with Gasteiger partial charge < -0.3 is 14.4 Å². The molecule has 0 aromatic heterocycles. The minimum atomic E-state index is -2.84. The second-order valence-electron chi connectivity index (χ2n) is 8.67. The van der Waals surface area contributed by atoms with E-state index < -0.39 is 9.84 Å². The van der Waals surface area contributed by atoms with Gasteiger partial charge in [-0.15, -0.1) is 0 Å². The Morgan fingerprint density at radius 2 is 1.42 bits per heavy atom. The van der Waals surface area contributed by atoms with Crippen molar-refractivity contribution in [3.8, 4) is 0 Å². The van der Waals surface area contributed by atoms with Crippen LogP contribution in [0.5, 0.6) is 0 Å². The summed E-state index contributed by atoms with van der Waals surface area (Å²) in [5.41, 5.74) is 2.61. The topological polar surface area (TPSA) is 55.8 Å². The predicted octanol–water partition coefficient (Wildman–Crippen LogP) is 4.74. The van der Waals surface area contributed by atoms with Crippen molar-refractivity contribution >= 4 is 15.5 Å². The van der Waals surface area contributed by atoms with Crippen molar-refractivity contribution in [2.24, 2.45) is 11.8 Å². The van der Waals surface area contributed by atoms with Crippen LogP contribution in [-0.4, -0.2) is 59.4 Å². The third-order valence-electron chi connectivity index (χ3n) is 6.46. The molecule has 1 aromatic carbocycles. The first-order valence-corrected chi connectivity index (χ1v) is 14.0. The minimum absolute atomic E-state index is 0.275. The molecule has 0 unspecified atom stereocenters. The van der Waals surface area contributed by atoms with Gasteiger partial charge in [0.1, 0.15) is 9.84 Å². The van der Waals surface area contributed by atoms with Gasteiger partial charge in [-0.05, 0) is 69.1 Å². The first-order valence-electron chi connectivity index (χ1n) is 12.2. The summed E-state index contributed by atoms with van der Waals surface area (Å²) < 4.78 is 34.8. The molecule has 0 amide bonds. The molecule has 0 N–H and O–H groups in total. The van der Waals surface area contributed by atoms with E-state index >= 15 is 0 Å². The molecular formula is C25H43NO4S. The number of nitrogens with zero attached hydrogens (tertiary/aromatic N) is 1. The molecule has 6 heteroatoms. The Hall–Kier alpha value is -1.11. The molecule has 1 fully saturated rings. The lowest BCUT2D eigenvalue weighted by Gasteiger charge is -2.28. The van der Waals surface area contributed by atoms with Crippen molar-refractivity contribution in [1.29, 1.82) is 0 Å².